The Balaban J connectivity index is 1.27. The summed E-state index contributed by atoms with van der Waals surface area (Å²) < 4.78 is 16.3. The van der Waals surface area contributed by atoms with E-state index in [1.165, 1.54) is 0 Å². The van der Waals surface area contributed by atoms with E-state index in [9.17, 15) is 4.79 Å². The van der Waals surface area contributed by atoms with E-state index in [1.807, 2.05) is 56.4 Å². The SMILES string of the molecule is Cc1ccc(C(=O)NC2CC(c3nc(-c4ccc5c(c4)OCO5)no3)N(C)C2)cc1. The summed E-state index contributed by atoms with van der Waals surface area (Å²) in [4.78, 5) is 19.3. The van der Waals surface area contributed by atoms with Crippen LogP contribution in [0.1, 0.15) is 34.3 Å². The van der Waals surface area contributed by atoms with Gasteiger partial charge in [-0.3, -0.25) is 9.69 Å². The molecule has 3 aromatic rings. The number of aromatic nitrogens is 2. The molecule has 0 spiro atoms. The van der Waals surface area contributed by atoms with E-state index in [2.05, 4.69) is 20.4 Å². The highest BCUT2D eigenvalue weighted by molar-refractivity contribution is 5.94. The molecule has 1 fully saturated rings. The number of carbonyl (C=O) groups is 1. The van der Waals surface area contributed by atoms with E-state index in [0.717, 1.165) is 11.1 Å². The number of likely N-dealkylation sites (tertiary alicyclic amines) is 1. The first-order chi connectivity index (χ1) is 14.6. The van der Waals surface area contributed by atoms with Crippen molar-refractivity contribution in [2.24, 2.45) is 0 Å². The normalized spacial score (nSPS) is 20.5. The second-order valence-electron chi connectivity index (χ2n) is 7.75. The smallest absolute Gasteiger partial charge is 0.251 e. The van der Waals surface area contributed by atoms with Crippen molar-refractivity contribution >= 4 is 5.91 Å². The lowest BCUT2D eigenvalue weighted by atomic mass is 10.1. The molecule has 8 heteroatoms. The van der Waals surface area contributed by atoms with Crippen molar-refractivity contribution < 1.29 is 18.8 Å². The van der Waals surface area contributed by atoms with Crippen LogP contribution in [0.15, 0.2) is 47.0 Å². The molecule has 0 bridgehead atoms. The molecule has 0 saturated carbocycles. The fourth-order valence-corrected chi connectivity index (χ4v) is 3.89. The van der Waals surface area contributed by atoms with Gasteiger partial charge in [0.25, 0.3) is 5.91 Å². The standard InChI is InChI=1S/C22H22N4O4/c1-13-3-5-14(6-4-13)21(27)23-16-10-17(26(2)11-16)22-24-20(25-30-22)15-7-8-18-19(9-15)29-12-28-18/h3-9,16-17H,10-12H2,1-2H3,(H,23,27). The number of carbonyl (C=O) groups excluding carboxylic acids is 1. The third-order valence-corrected chi connectivity index (χ3v) is 5.55. The Morgan fingerprint density at radius 1 is 1.13 bits per heavy atom. The van der Waals surface area contributed by atoms with Crippen molar-refractivity contribution in [1.82, 2.24) is 20.4 Å². The van der Waals surface area contributed by atoms with Crippen LogP contribution >= 0.6 is 0 Å². The second-order valence-corrected chi connectivity index (χ2v) is 7.75. The Labute approximate surface area is 173 Å². The van der Waals surface area contributed by atoms with Crippen LogP contribution in [0.5, 0.6) is 11.5 Å². The van der Waals surface area contributed by atoms with Crippen LogP contribution < -0.4 is 14.8 Å². The molecule has 1 N–H and O–H groups in total. The van der Waals surface area contributed by atoms with Crippen LogP contribution in [0.3, 0.4) is 0 Å². The number of likely N-dealkylation sites (N-methyl/N-ethyl adjacent to an activating group) is 1. The molecule has 2 aliphatic rings. The van der Waals surface area contributed by atoms with Gasteiger partial charge in [-0.15, -0.1) is 0 Å². The molecule has 2 atom stereocenters. The Kier molecular flexibility index (Phi) is 4.63. The maximum atomic E-state index is 12.5. The molecular weight excluding hydrogens is 384 g/mol. The molecule has 3 heterocycles. The summed E-state index contributed by atoms with van der Waals surface area (Å²) in [5.74, 6) is 2.36. The van der Waals surface area contributed by atoms with E-state index >= 15 is 0 Å². The van der Waals surface area contributed by atoms with Crippen LogP contribution in [0, 0.1) is 6.92 Å². The van der Waals surface area contributed by atoms with Gasteiger partial charge in [-0.25, -0.2) is 0 Å². The first kappa shape index (κ1) is 18.6. The van der Waals surface area contributed by atoms with Crippen molar-refractivity contribution in [2.45, 2.75) is 25.4 Å². The van der Waals surface area contributed by atoms with Crippen molar-refractivity contribution in [1.29, 1.82) is 0 Å². The van der Waals surface area contributed by atoms with Gasteiger partial charge in [0, 0.05) is 23.7 Å². The number of benzene rings is 2. The first-order valence-corrected chi connectivity index (χ1v) is 9.88. The molecule has 0 aliphatic carbocycles. The monoisotopic (exact) mass is 406 g/mol. The lowest BCUT2D eigenvalue weighted by molar-refractivity contribution is 0.0938. The zero-order valence-electron chi connectivity index (χ0n) is 16.8. The van der Waals surface area contributed by atoms with Crippen LogP contribution in [0.25, 0.3) is 11.4 Å². The van der Waals surface area contributed by atoms with Crippen LogP contribution in [-0.4, -0.2) is 47.4 Å². The largest absolute Gasteiger partial charge is 0.454 e. The predicted octanol–water partition coefficient (Wildman–Crippen LogP) is 2.95. The molecule has 1 amide bonds. The average Bonchev–Trinajstić information content (AvgIpc) is 3.47. The highest BCUT2D eigenvalue weighted by Crippen LogP contribution is 2.36. The van der Waals surface area contributed by atoms with Gasteiger partial charge in [-0.2, -0.15) is 4.98 Å². The molecule has 30 heavy (non-hydrogen) atoms. The molecule has 1 aromatic heterocycles. The topological polar surface area (TPSA) is 89.7 Å². The zero-order valence-corrected chi connectivity index (χ0v) is 16.8. The van der Waals surface area contributed by atoms with E-state index in [-0.39, 0.29) is 24.8 Å². The minimum Gasteiger partial charge on any atom is -0.454 e. The lowest BCUT2D eigenvalue weighted by Gasteiger charge is -2.14. The third-order valence-electron chi connectivity index (χ3n) is 5.55. The fourth-order valence-electron chi connectivity index (χ4n) is 3.89. The maximum Gasteiger partial charge on any atom is 0.251 e. The van der Waals surface area contributed by atoms with Crippen LogP contribution in [-0.2, 0) is 0 Å². The van der Waals surface area contributed by atoms with Gasteiger partial charge in [0.05, 0.1) is 6.04 Å². The molecule has 2 aliphatic heterocycles. The molecular formula is C22H22N4O4. The maximum absolute atomic E-state index is 12.5. The molecule has 1 saturated heterocycles. The minimum atomic E-state index is -0.0689. The molecule has 0 radical (unpaired) electrons. The number of amides is 1. The Morgan fingerprint density at radius 2 is 1.93 bits per heavy atom. The third kappa shape index (κ3) is 3.50. The molecule has 2 aromatic carbocycles. The van der Waals surface area contributed by atoms with Crippen molar-refractivity contribution in [3.8, 4) is 22.9 Å². The number of fused-ring (bicyclic) bond motifs is 1. The zero-order chi connectivity index (χ0) is 20.7. The highest BCUT2D eigenvalue weighted by atomic mass is 16.7. The molecule has 5 rings (SSSR count). The van der Waals surface area contributed by atoms with E-state index in [4.69, 9.17) is 14.0 Å². The van der Waals surface area contributed by atoms with Gasteiger partial charge in [0.2, 0.25) is 18.5 Å². The van der Waals surface area contributed by atoms with Gasteiger partial charge in [-0.1, -0.05) is 22.9 Å². The highest BCUT2D eigenvalue weighted by Gasteiger charge is 2.35. The van der Waals surface area contributed by atoms with Gasteiger partial charge in [-0.05, 0) is 50.7 Å². The van der Waals surface area contributed by atoms with E-state index in [1.54, 1.807) is 0 Å². The molecule has 2 unspecified atom stereocenters. The van der Waals surface area contributed by atoms with Gasteiger partial charge < -0.3 is 19.3 Å². The van der Waals surface area contributed by atoms with Crippen LogP contribution in [0.4, 0.5) is 0 Å². The number of rotatable bonds is 4. The number of hydrogen-bond acceptors (Lipinski definition) is 7. The lowest BCUT2D eigenvalue weighted by Crippen LogP contribution is -2.36. The summed E-state index contributed by atoms with van der Waals surface area (Å²) in [7, 11) is 1.99. The summed E-state index contributed by atoms with van der Waals surface area (Å²) >= 11 is 0. The minimum absolute atomic E-state index is 0.00898. The summed E-state index contributed by atoms with van der Waals surface area (Å²) in [5, 5.41) is 7.25. The number of hydrogen-bond donors (Lipinski definition) is 1. The molecule has 8 nitrogen and oxygen atoms in total. The van der Waals surface area contributed by atoms with E-state index < -0.39 is 0 Å². The first-order valence-electron chi connectivity index (χ1n) is 9.88. The summed E-state index contributed by atoms with van der Waals surface area (Å²) in [6.45, 7) is 2.93. The summed E-state index contributed by atoms with van der Waals surface area (Å²) in [5.41, 5.74) is 2.59. The summed E-state index contributed by atoms with van der Waals surface area (Å²) in [6.07, 6.45) is 0.705. The Morgan fingerprint density at radius 3 is 2.77 bits per heavy atom. The molecule has 154 valence electrons. The van der Waals surface area contributed by atoms with E-state index in [0.29, 0.717) is 41.7 Å². The number of nitrogens with zero attached hydrogens (tertiary/aromatic N) is 3. The number of nitrogens with one attached hydrogen (secondary N) is 1. The van der Waals surface area contributed by atoms with Gasteiger partial charge in [0.1, 0.15) is 0 Å². The van der Waals surface area contributed by atoms with Crippen LogP contribution in [0.2, 0.25) is 0 Å². The fraction of sp³-hybridized carbons (Fsp3) is 0.318. The van der Waals surface area contributed by atoms with Crippen molar-refractivity contribution in [3.05, 3.63) is 59.5 Å². The summed E-state index contributed by atoms with van der Waals surface area (Å²) in [6, 6.07) is 13.1. The van der Waals surface area contributed by atoms with Gasteiger partial charge in [0.15, 0.2) is 11.5 Å². The quantitative estimate of drug-likeness (QED) is 0.712. The number of aryl methyl sites for hydroxylation is 1. The van der Waals surface area contributed by atoms with Crippen molar-refractivity contribution in [3.63, 3.8) is 0 Å². The Hall–Kier alpha value is -3.39. The average molecular weight is 406 g/mol. The number of ether oxygens (including phenoxy) is 2. The predicted molar refractivity (Wildman–Crippen MR) is 108 cm³/mol. The van der Waals surface area contributed by atoms with Gasteiger partial charge >= 0.3 is 0 Å². The second kappa shape index (κ2) is 7.46. The van der Waals surface area contributed by atoms with Crippen molar-refractivity contribution in [2.75, 3.05) is 20.4 Å². The Bertz CT molecular complexity index is 1080.